The minimum atomic E-state index is 0.158. The van der Waals surface area contributed by atoms with Gasteiger partial charge in [-0.3, -0.25) is 4.90 Å². The van der Waals surface area contributed by atoms with Gasteiger partial charge in [0.1, 0.15) is 11.8 Å². The van der Waals surface area contributed by atoms with Crippen molar-refractivity contribution in [1.82, 2.24) is 4.90 Å². The maximum atomic E-state index is 6.51. The highest BCUT2D eigenvalue weighted by molar-refractivity contribution is 5.62. The van der Waals surface area contributed by atoms with E-state index >= 15 is 0 Å². The molecule has 4 aromatic rings. The minimum Gasteiger partial charge on any atom is -0.493 e. The lowest BCUT2D eigenvalue weighted by Crippen LogP contribution is -2.48. The molecule has 0 aliphatic carbocycles. The van der Waals surface area contributed by atoms with Crippen LogP contribution in [0.4, 0.5) is 0 Å². The molecule has 4 aromatic carbocycles. The molecule has 10 heteroatoms. The Morgan fingerprint density at radius 2 is 1.35 bits per heavy atom. The van der Waals surface area contributed by atoms with Crippen LogP contribution in [0.2, 0.25) is 0 Å². The van der Waals surface area contributed by atoms with E-state index in [1.165, 1.54) is 27.8 Å². The zero-order valence-electron chi connectivity index (χ0n) is 31.0. The fraction of sp³-hybridized carbons (Fsp3) is 0.415. The predicted molar refractivity (Wildman–Crippen MR) is 195 cm³/mol. The van der Waals surface area contributed by atoms with Gasteiger partial charge < -0.3 is 42.4 Å². The third-order valence-corrected chi connectivity index (χ3v) is 10.9. The van der Waals surface area contributed by atoms with Crippen molar-refractivity contribution in [3.63, 3.8) is 0 Å². The molecule has 0 saturated heterocycles. The Morgan fingerprint density at radius 1 is 0.667 bits per heavy atom. The molecular weight excluding hydrogens is 648 g/mol. The summed E-state index contributed by atoms with van der Waals surface area (Å²) in [5, 5.41) is 0. The molecule has 0 N–H and O–H groups in total. The SMILES string of the molecule is COc1ccc(C[C@H]2c3cc(OC)c(OC)c(OC)c3CC[N+]2(C)C)cc1Oc1ccc(C[C@H]2c3cc(OC)c4c(c3CCN2C)OCO4)cc1. The summed E-state index contributed by atoms with van der Waals surface area (Å²) < 4.78 is 47.8. The Balaban J connectivity index is 1.13. The average Bonchev–Trinajstić information content (AvgIpc) is 3.64. The quantitative estimate of drug-likeness (QED) is 0.155. The van der Waals surface area contributed by atoms with E-state index in [0.717, 1.165) is 71.8 Å². The van der Waals surface area contributed by atoms with Crippen LogP contribution in [0.15, 0.2) is 54.6 Å². The molecule has 0 unspecified atom stereocenters. The Kier molecular flexibility index (Phi) is 9.56. The highest BCUT2D eigenvalue weighted by atomic mass is 16.7. The van der Waals surface area contributed by atoms with Gasteiger partial charge in [0.25, 0.3) is 0 Å². The predicted octanol–water partition coefficient (Wildman–Crippen LogP) is 6.94. The van der Waals surface area contributed by atoms with Crippen LogP contribution < -0.4 is 37.9 Å². The first-order chi connectivity index (χ1) is 24.7. The van der Waals surface area contributed by atoms with Crippen molar-refractivity contribution in [3.8, 4) is 51.7 Å². The van der Waals surface area contributed by atoms with Crippen LogP contribution in [0.1, 0.15) is 45.5 Å². The molecule has 51 heavy (non-hydrogen) atoms. The number of methoxy groups -OCH3 is 5. The summed E-state index contributed by atoms with van der Waals surface area (Å²) in [6.07, 6.45) is 3.42. The third-order valence-electron chi connectivity index (χ3n) is 10.9. The van der Waals surface area contributed by atoms with Gasteiger partial charge in [-0.25, -0.2) is 0 Å². The number of hydrogen-bond donors (Lipinski definition) is 0. The highest BCUT2D eigenvalue weighted by Gasteiger charge is 2.39. The molecule has 2 atom stereocenters. The second-order valence-electron chi connectivity index (χ2n) is 14.1. The van der Waals surface area contributed by atoms with Crippen LogP contribution in [0, 0.1) is 0 Å². The lowest BCUT2D eigenvalue weighted by atomic mass is 9.86. The molecule has 7 rings (SSSR count). The van der Waals surface area contributed by atoms with Gasteiger partial charge in [-0.15, -0.1) is 0 Å². The van der Waals surface area contributed by atoms with Crippen molar-refractivity contribution in [2.75, 3.05) is 76.6 Å². The molecule has 0 aromatic heterocycles. The molecule has 0 bridgehead atoms. The zero-order chi connectivity index (χ0) is 35.9. The second kappa shape index (κ2) is 14.1. The molecule has 0 saturated carbocycles. The fourth-order valence-corrected chi connectivity index (χ4v) is 8.04. The van der Waals surface area contributed by atoms with Gasteiger partial charge in [0, 0.05) is 42.1 Å². The Morgan fingerprint density at radius 3 is 2.06 bits per heavy atom. The average molecular weight is 698 g/mol. The summed E-state index contributed by atoms with van der Waals surface area (Å²) in [4.78, 5) is 2.40. The van der Waals surface area contributed by atoms with E-state index in [1.807, 2.05) is 18.2 Å². The molecule has 3 aliphatic heterocycles. The number of benzene rings is 4. The fourth-order valence-electron chi connectivity index (χ4n) is 8.04. The Bertz CT molecular complexity index is 1910. The van der Waals surface area contributed by atoms with Crippen molar-refractivity contribution in [2.45, 2.75) is 37.8 Å². The van der Waals surface area contributed by atoms with E-state index in [-0.39, 0.29) is 18.9 Å². The van der Waals surface area contributed by atoms with Gasteiger partial charge in [-0.2, -0.15) is 0 Å². The summed E-state index contributed by atoms with van der Waals surface area (Å²) in [5.41, 5.74) is 7.19. The van der Waals surface area contributed by atoms with Gasteiger partial charge in [-0.1, -0.05) is 18.2 Å². The highest BCUT2D eigenvalue weighted by Crippen LogP contribution is 2.50. The van der Waals surface area contributed by atoms with Crippen LogP contribution in [-0.4, -0.2) is 86.0 Å². The normalized spacial score (nSPS) is 18.7. The molecular formula is C41H49N2O8+. The minimum absolute atomic E-state index is 0.158. The largest absolute Gasteiger partial charge is 0.493 e. The topological polar surface area (TPSA) is 77.1 Å². The van der Waals surface area contributed by atoms with Crippen molar-refractivity contribution in [1.29, 1.82) is 0 Å². The smallest absolute Gasteiger partial charge is 0.231 e. The van der Waals surface area contributed by atoms with E-state index in [9.17, 15) is 0 Å². The number of quaternary nitrogens is 1. The van der Waals surface area contributed by atoms with Gasteiger partial charge in [0.2, 0.25) is 18.3 Å². The summed E-state index contributed by atoms with van der Waals surface area (Å²) in [6.45, 7) is 2.13. The van der Waals surface area contributed by atoms with Crippen LogP contribution in [0.5, 0.6) is 51.7 Å². The maximum absolute atomic E-state index is 6.51. The second-order valence-corrected chi connectivity index (χ2v) is 14.1. The molecule has 0 fully saturated rings. The molecule has 10 nitrogen and oxygen atoms in total. The number of fused-ring (bicyclic) bond motifs is 4. The number of hydrogen-bond acceptors (Lipinski definition) is 9. The maximum Gasteiger partial charge on any atom is 0.231 e. The van der Waals surface area contributed by atoms with E-state index in [4.69, 9.17) is 37.9 Å². The number of ether oxygens (including phenoxy) is 8. The van der Waals surface area contributed by atoms with Crippen molar-refractivity contribution >= 4 is 0 Å². The van der Waals surface area contributed by atoms with E-state index in [0.29, 0.717) is 28.7 Å². The molecule has 0 amide bonds. The summed E-state index contributed by atoms with van der Waals surface area (Å²) >= 11 is 0. The number of rotatable bonds is 11. The molecule has 270 valence electrons. The van der Waals surface area contributed by atoms with Crippen LogP contribution >= 0.6 is 0 Å². The number of likely N-dealkylation sites (N-methyl/N-ethyl adjacent to an activating group) is 2. The first-order valence-corrected chi connectivity index (χ1v) is 17.5. The van der Waals surface area contributed by atoms with Crippen LogP contribution in [0.25, 0.3) is 0 Å². The Hall–Kier alpha value is -4.80. The molecule has 3 aliphatic rings. The monoisotopic (exact) mass is 697 g/mol. The van der Waals surface area contributed by atoms with Crippen molar-refractivity contribution in [2.24, 2.45) is 0 Å². The molecule has 3 heterocycles. The van der Waals surface area contributed by atoms with Crippen LogP contribution in [-0.2, 0) is 25.7 Å². The first kappa shape index (κ1) is 34.6. The summed E-state index contributed by atoms with van der Waals surface area (Å²) in [6, 6.07) is 19.2. The summed E-state index contributed by atoms with van der Waals surface area (Å²) in [5.74, 6) is 6.44. The van der Waals surface area contributed by atoms with Gasteiger partial charge in [0.15, 0.2) is 34.5 Å². The molecule has 0 radical (unpaired) electrons. The Labute approximate surface area is 300 Å². The lowest BCUT2D eigenvalue weighted by Gasteiger charge is -2.43. The van der Waals surface area contributed by atoms with Crippen molar-refractivity contribution in [3.05, 3.63) is 88.0 Å². The third kappa shape index (κ3) is 6.36. The zero-order valence-corrected chi connectivity index (χ0v) is 31.0. The van der Waals surface area contributed by atoms with Crippen molar-refractivity contribution < 1.29 is 42.4 Å². The number of nitrogens with zero attached hydrogens (tertiary/aromatic N) is 2. The lowest BCUT2D eigenvalue weighted by molar-refractivity contribution is -0.923. The first-order valence-electron chi connectivity index (χ1n) is 17.5. The van der Waals surface area contributed by atoms with Gasteiger partial charge in [-0.05, 0) is 73.0 Å². The van der Waals surface area contributed by atoms with E-state index in [1.54, 1.807) is 35.5 Å². The van der Waals surface area contributed by atoms with Gasteiger partial charge in [0.05, 0.1) is 56.2 Å². The summed E-state index contributed by atoms with van der Waals surface area (Å²) in [7, 11) is 15.1. The standard InChI is InChI=1S/C41H49N2O8/c1-42-17-15-28-30(22-37(46-6)41-39(28)49-24-50-41)32(42)19-25-9-12-27(13-10-25)51-35-21-26(11-14-34(35)44-4)20-33-31-23-36(45-5)40(48-8)38(47-7)29(31)16-18-43(33,2)3/h9-14,21-23,32-33H,15-20,24H2,1-8H3/q+1/t32-,33-/m0/s1. The van der Waals surface area contributed by atoms with Gasteiger partial charge >= 0.3 is 0 Å². The molecule has 0 spiro atoms. The van der Waals surface area contributed by atoms with E-state index in [2.05, 4.69) is 62.4 Å². The van der Waals surface area contributed by atoms with Crippen LogP contribution in [0.3, 0.4) is 0 Å². The van der Waals surface area contributed by atoms with E-state index < -0.39 is 0 Å².